The smallest absolute Gasteiger partial charge is 0.313 e. The van der Waals surface area contributed by atoms with Gasteiger partial charge in [0.1, 0.15) is 5.75 Å². The molecule has 34 heavy (non-hydrogen) atoms. The molecule has 180 valence electrons. The predicted octanol–water partition coefficient (Wildman–Crippen LogP) is 7.38. The molecule has 0 fully saturated rings. The molecule has 1 atom stereocenters. The van der Waals surface area contributed by atoms with E-state index < -0.39 is 0 Å². The van der Waals surface area contributed by atoms with Crippen molar-refractivity contribution in [2.24, 2.45) is 5.92 Å². The van der Waals surface area contributed by atoms with Gasteiger partial charge in [0.05, 0.1) is 19.6 Å². The SMILES string of the molecule is CCCC(C(=O)OC)/C1=C(\c2ccc(C)c(OCC)c2)c2c(sc3c2CCCC3)CC=C=C1C. The summed E-state index contributed by atoms with van der Waals surface area (Å²) in [6.07, 6.45) is 9.40. The third-order valence-corrected chi connectivity index (χ3v) is 8.28. The Morgan fingerprint density at radius 3 is 2.68 bits per heavy atom. The number of rotatable bonds is 7. The zero-order valence-corrected chi connectivity index (χ0v) is 22.0. The maximum absolute atomic E-state index is 13.2. The molecule has 1 aromatic heterocycles. The highest BCUT2D eigenvalue weighted by molar-refractivity contribution is 7.12. The summed E-state index contributed by atoms with van der Waals surface area (Å²) in [6, 6.07) is 6.51. The third-order valence-electron chi connectivity index (χ3n) is 6.96. The summed E-state index contributed by atoms with van der Waals surface area (Å²) in [4.78, 5) is 16.1. The zero-order chi connectivity index (χ0) is 24.2. The van der Waals surface area contributed by atoms with Gasteiger partial charge in [0.2, 0.25) is 0 Å². The number of carbonyl (C=O) groups excluding carboxylic acids is 1. The molecule has 1 heterocycles. The molecule has 0 bridgehead atoms. The number of hydrogen-bond acceptors (Lipinski definition) is 4. The van der Waals surface area contributed by atoms with Crippen molar-refractivity contribution < 1.29 is 14.3 Å². The van der Waals surface area contributed by atoms with Gasteiger partial charge in [0, 0.05) is 21.7 Å². The van der Waals surface area contributed by atoms with Crippen LogP contribution in [0, 0.1) is 12.8 Å². The van der Waals surface area contributed by atoms with E-state index in [4.69, 9.17) is 9.47 Å². The molecule has 0 saturated carbocycles. The van der Waals surface area contributed by atoms with Gasteiger partial charge < -0.3 is 9.47 Å². The fourth-order valence-electron chi connectivity index (χ4n) is 5.37. The average molecular weight is 477 g/mol. The lowest BCUT2D eigenvalue weighted by molar-refractivity contribution is -0.144. The van der Waals surface area contributed by atoms with Gasteiger partial charge in [0.25, 0.3) is 0 Å². The minimum atomic E-state index is -0.326. The second kappa shape index (κ2) is 10.8. The normalized spacial score (nSPS) is 18.3. The summed E-state index contributed by atoms with van der Waals surface area (Å²) < 4.78 is 11.3. The lowest BCUT2D eigenvalue weighted by atomic mass is 9.78. The van der Waals surface area contributed by atoms with Crippen molar-refractivity contribution in [1.82, 2.24) is 0 Å². The van der Waals surface area contributed by atoms with E-state index in [0.29, 0.717) is 6.61 Å². The molecule has 0 spiro atoms. The van der Waals surface area contributed by atoms with Crippen LogP contribution in [0.3, 0.4) is 0 Å². The maximum Gasteiger partial charge on any atom is 0.313 e. The molecule has 2 aliphatic carbocycles. The van der Waals surface area contributed by atoms with Crippen LogP contribution in [0.25, 0.3) is 5.57 Å². The first-order valence-corrected chi connectivity index (χ1v) is 13.4. The van der Waals surface area contributed by atoms with Crippen LogP contribution in [-0.2, 0) is 28.8 Å². The van der Waals surface area contributed by atoms with Crippen LogP contribution in [0.2, 0.25) is 0 Å². The van der Waals surface area contributed by atoms with E-state index in [0.717, 1.165) is 60.1 Å². The highest BCUT2D eigenvalue weighted by Crippen LogP contribution is 2.46. The molecule has 2 aromatic rings. The molecule has 0 saturated heterocycles. The fraction of sp³-hybridized carbons (Fsp3) is 0.467. The summed E-state index contributed by atoms with van der Waals surface area (Å²) in [5, 5.41) is 0. The van der Waals surface area contributed by atoms with Crippen molar-refractivity contribution in [3.63, 3.8) is 0 Å². The van der Waals surface area contributed by atoms with Gasteiger partial charge in [-0.25, -0.2) is 0 Å². The number of fused-ring (bicyclic) bond motifs is 3. The van der Waals surface area contributed by atoms with E-state index in [9.17, 15) is 4.79 Å². The zero-order valence-electron chi connectivity index (χ0n) is 21.2. The van der Waals surface area contributed by atoms with Gasteiger partial charge in [-0.05, 0) is 98.4 Å². The number of benzene rings is 1. The van der Waals surface area contributed by atoms with E-state index >= 15 is 0 Å². The number of ether oxygens (including phenoxy) is 2. The van der Waals surface area contributed by atoms with E-state index in [1.165, 1.54) is 46.4 Å². The topological polar surface area (TPSA) is 35.5 Å². The lowest BCUT2D eigenvalue weighted by Crippen LogP contribution is -2.21. The number of hydrogen-bond donors (Lipinski definition) is 0. The largest absolute Gasteiger partial charge is 0.494 e. The average Bonchev–Trinajstić information content (AvgIpc) is 3.19. The second-order valence-electron chi connectivity index (χ2n) is 9.25. The number of methoxy groups -OCH3 is 1. The van der Waals surface area contributed by atoms with Crippen LogP contribution in [0.1, 0.15) is 78.5 Å². The van der Waals surface area contributed by atoms with Crippen molar-refractivity contribution in [1.29, 1.82) is 0 Å². The van der Waals surface area contributed by atoms with Gasteiger partial charge in [-0.1, -0.05) is 25.5 Å². The van der Waals surface area contributed by atoms with Gasteiger partial charge in [0.15, 0.2) is 0 Å². The molecule has 1 unspecified atom stereocenters. The molecule has 2 aliphatic rings. The lowest BCUT2D eigenvalue weighted by Gasteiger charge is -2.26. The molecule has 4 heteroatoms. The molecule has 0 aliphatic heterocycles. The minimum absolute atomic E-state index is 0.168. The Morgan fingerprint density at radius 1 is 1.15 bits per heavy atom. The Kier molecular flexibility index (Phi) is 7.80. The van der Waals surface area contributed by atoms with Crippen molar-refractivity contribution in [2.45, 2.75) is 72.6 Å². The Labute approximate surface area is 208 Å². The first kappa shape index (κ1) is 24.6. The fourth-order valence-corrected chi connectivity index (χ4v) is 6.73. The molecular weight excluding hydrogens is 440 g/mol. The van der Waals surface area contributed by atoms with E-state index in [2.05, 4.69) is 50.8 Å². The number of esters is 1. The number of carbonyl (C=O) groups is 1. The first-order valence-electron chi connectivity index (χ1n) is 12.6. The Balaban J connectivity index is 2.10. The van der Waals surface area contributed by atoms with Crippen LogP contribution in [-0.4, -0.2) is 19.7 Å². The van der Waals surface area contributed by atoms with Crippen LogP contribution in [0.4, 0.5) is 0 Å². The standard InChI is InChI=1S/C30H36O3S/c1-6-11-23(30(31)32-5)27-20(4)12-10-15-26-29(22-13-8-9-14-25(22)34-26)28(27)21-17-16-19(3)24(18-21)33-7-2/h10,16-18,23H,6-9,11,13-15H2,1-5H3/b28-27+. The molecule has 1 aromatic carbocycles. The molecule has 3 nitrogen and oxygen atoms in total. The summed E-state index contributed by atoms with van der Waals surface area (Å²) in [5.74, 6) is 0.411. The highest BCUT2D eigenvalue weighted by Gasteiger charge is 2.32. The maximum atomic E-state index is 13.2. The minimum Gasteiger partial charge on any atom is -0.494 e. The van der Waals surface area contributed by atoms with Crippen molar-refractivity contribution >= 4 is 22.9 Å². The Hall–Kier alpha value is -2.55. The second-order valence-corrected chi connectivity index (χ2v) is 10.4. The van der Waals surface area contributed by atoms with Crippen LogP contribution in [0.5, 0.6) is 5.75 Å². The van der Waals surface area contributed by atoms with Gasteiger partial charge in [-0.15, -0.1) is 17.1 Å². The van der Waals surface area contributed by atoms with Crippen LogP contribution < -0.4 is 4.74 Å². The summed E-state index contributed by atoms with van der Waals surface area (Å²) in [7, 11) is 1.50. The van der Waals surface area contributed by atoms with Crippen LogP contribution >= 0.6 is 11.3 Å². The summed E-state index contributed by atoms with van der Waals surface area (Å²) in [6.45, 7) is 8.95. The number of aryl methyl sites for hydroxylation is 2. The first-order chi connectivity index (χ1) is 16.5. The molecule has 4 rings (SSSR count). The number of thiophene rings is 1. The Bertz CT molecular complexity index is 1170. The third kappa shape index (κ3) is 4.67. The van der Waals surface area contributed by atoms with E-state index in [1.807, 2.05) is 18.3 Å². The summed E-state index contributed by atoms with van der Waals surface area (Å²) >= 11 is 1.96. The van der Waals surface area contributed by atoms with E-state index in [-0.39, 0.29) is 11.9 Å². The molecule has 0 N–H and O–H groups in total. The molecule has 0 radical (unpaired) electrons. The van der Waals surface area contributed by atoms with Crippen LogP contribution in [0.15, 0.2) is 41.2 Å². The predicted molar refractivity (Wildman–Crippen MR) is 141 cm³/mol. The number of allylic oxidation sites excluding steroid dienone is 1. The quantitative estimate of drug-likeness (QED) is 0.309. The highest BCUT2D eigenvalue weighted by atomic mass is 32.1. The van der Waals surface area contributed by atoms with Crippen molar-refractivity contribution in [3.05, 3.63) is 73.2 Å². The van der Waals surface area contributed by atoms with Gasteiger partial charge in [-0.2, -0.15) is 0 Å². The Morgan fingerprint density at radius 2 is 1.94 bits per heavy atom. The summed E-state index contributed by atoms with van der Waals surface area (Å²) in [5.41, 5.74) is 11.9. The monoisotopic (exact) mass is 476 g/mol. The molecule has 0 amide bonds. The van der Waals surface area contributed by atoms with Gasteiger partial charge >= 0.3 is 5.97 Å². The molecular formula is C30H36O3S. The van der Waals surface area contributed by atoms with E-state index in [1.54, 1.807) is 0 Å². The van der Waals surface area contributed by atoms with Crippen molar-refractivity contribution in [2.75, 3.05) is 13.7 Å². The van der Waals surface area contributed by atoms with Gasteiger partial charge in [-0.3, -0.25) is 4.79 Å². The van der Waals surface area contributed by atoms with Crippen molar-refractivity contribution in [3.8, 4) is 5.75 Å².